The van der Waals surface area contributed by atoms with E-state index in [4.69, 9.17) is 11.6 Å². The summed E-state index contributed by atoms with van der Waals surface area (Å²) < 4.78 is 0. The van der Waals surface area contributed by atoms with Crippen LogP contribution < -0.4 is 0 Å². The second kappa shape index (κ2) is 5.51. The van der Waals surface area contributed by atoms with Gasteiger partial charge in [-0.2, -0.15) is 0 Å². The van der Waals surface area contributed by atoms with E-state index in [1.54, 1.807) is 0 Å². The van der Waals surface area contributed by atoms with Gasteiger partial charge < -0.3 is 0 Å². The minimum atomic E-state index is 0.387. The van der Waals surface area contributed by atoms with Crippen LogP contribution in [0.2, 0.25) is 5.02 Å². The Morgan fingerprint density at radius 3 is 2.00 bits per heavy atom. The van der Waals surface area contributed by atoms with Crippen molar-refractivity contribution in [2.24, 2.45) is 0 Å². The van der Waals surface area contributed by atoms with Crippen LogP contribution in [-0.2, 0) is 0 Å². The maximum Gasteiger partial charge on any atom is 0.0406 e. The fourth-order valence-electron chi connectivity index (χ4n) is 1.75. The van der Waals surface area contributed by atoms with Crippen molar-refractivity contribution in [3.63, 3.8) is 0 Å². The minimum Gasteiger partial charge on any atom is -0.0918 e. The Hall–Kier alpha value is -0.790. The van der Waals surface area contributed by atoms with E-state index in [1.807, 2.05) is 18.2 Å². The molecule has 0 aliphatic rings. The average Bonchev–Trinajstić information content (AvgIpc) is 2.34. The first-order chi connectivity index (χ1) is 7.81. The highest BCUT2D eigenvalue weighted by molar-refractivity contribution is 9.09. The molecule has 1 unspecified atom stereocenters. The summed E-state index contributed by atoms with van der Waals surface area (Å²) in [5.74, 6) is 0.387. The van der Waals surface area contributed by atoms with Crippen molar-refractivity contribution < 1.29 is 0 Å². The summed E-state index contributed by atoms with van der Waals surface area (Å²) in [4.78, 5) is 0. The number of alkyl halides is 1. The van der Waals surface area contributed by atoms with Crippen LogP contribution in [0.4, 0.5) is 0 Å². The standard InChI is InChI=1S/C14H12BrCl/c15-10-14(11-4-2-1-3-5-11)12-6-8-13(16)9-7-12/h1-9,14H,10H2. The zero-order valence-corrected chi connectivity index (χ0v) is 11.1. The maximum atomic E-state index is 5.89. The second-order valence-corrected chi connectivity index (χ2v) is 4.75. The molecule has 0 N–H and O–H groups in total. The van der Waals surface area contributed by atoms with Gasteiger partial charge in [0.2, 0.25) is 0 Å². The second-order valence-electron chi connectivity index (χ2n) is 3.67. The van der Waals surface area contributed by atoms with Crippen LogP contribution in [0.5, 0.6) is 0 Å². The third-order valence-electron chi connectivity index (χ3n) is 2.63. The molecule has 82 valence electrons. The number of hydrogen-bond acceptors (Lipinski definition) is 0. The van der Waals surface area contributed by atoms with Gasteiger partial charge in [-0.3, -0.25) is 0 Å². The van der Waals surface area contributed by atoms with Crippen LogP contribution in [0.1, 0.15) is 17.0 Å². The third-order valence-corrected chi connectivity index (χ3v) is 3.53. The van der Waals surface area contributed by atoms with Gasteiger partial charge in [0, 0.05) is 16.3 Å². The van der Waals surface area contributed by atoms with Crippen LogP contribution >= 0.6 is 27.5 Å². The van der Waals surface area contributed by atoms with E-state index in [2.05, 4.69) is 52.3 Å². The molecule has 0 saturated carbocycles. The van der Waals surface area contributed by atoms with Gasteiger partial charge in [0.1, 0.15) is 0 Å². The zero-order chi connectivity index (χ0) is 11.4. The van der Waals surface area contributed by atoms with Gasteiger partial charge >= 0.3 is 0 Å². The summed E-state index contributed by atoms with van der Waals surface area (Å²) in [5, 5.41) is 1.70. The van der Waals surface area contributed by atoms with Crippen LogP contribution in [0, 0.1) is 0 Å². The molecule has 2 aromatic rings. The third kappa shape index (κ3) is 2.66. The number of benzene rings is 2. The molecule has 0 nitrogen and oxygen atoms in total. The van der Waals surface area contributed by atoms with Crippen molar-refractivity contribution >= 4 is 27.5 Å². The molecule has 1 atom stereocenters. The lowest BCUT2D eigenvalue weighted by Gasteiger charge is -2.15. The highest BCUT2D eigenvalue weighted by atomic mass is 79.9. The molecule has 16 heavy (non-hydrogen) atoms. The Labute approximate surface area is 109 Å². The van der Waals surface area contributed by atoms with Gasteiger partial charge in [-0.05, 0) is 23.3 Å². The Kier molecular flexibility index (Phi) is 4.03. The van der Waals surface area contributed by atoms with E-state index >= 15 is 0 Å². The van der Waals surface area contributed by atoms with Gasteiger partial charge in [-0.15, -0.1) is 0 Å². The largest absolute Gasteiger partial charge is 0.0918 e. The number of halogens is 2. The quantitative estimate of drug-likeness (QED) is 0.709. The molecule has 2 heteroatoms. The van der Waals surface area contributed by atoms with Gasteiger partial charge in [0.05, 0.1) is 0 Å². The predicted molar refractivity (Wildman–Crippen MR) is 73.5 cm³/mol. The highest BCUT2D eigenvalue weighted by Crippen LogP contribution is 2.27. The normalized spacial score (nSPS) is 12.4. The molecule has 0 amide bonds. The van der Waals surface area contributed by atoms with Gasteiger partial charge in [-0.1, -0.05) is 70.0 Å². The molecule has 0 fully saturated rings. The van der Waals surface area contributed by atoms with E-state index in [9.17, 15) is 0 Å². The van der Waals surface area contributed by atoms with Crippen molar-refractivity contribution in [3.8, 4) is 0 Å². The zero-order valence-electron chi connectivity index (χ0n) is 8.74. The van der Waals surface area contributed by atoms with Crippen LogP contribution in [0.25, 0.3) is 0 Å². The molecule has 0 bridgehead atoms. The lowest BCUT2D eigenvalue weighted by molar-refractivity contribution is 0.945. The first-order valence-electron chi connectivity index (χ1n) is 5.17. The average molecular weight is 296 g/mol. The van der Waals surface area contributed by atoms with Crippen LogP contribution in [0.3, 0.4) is 0 Å². The summed E-state index contributed by atoms with van der Waals surface area (Å²) in [6.45, 7) is 0. The molecule has 0 saturated heterocycles. The van der Waals surface area contributed by atoms with Crippen molar-refractivity contribution in [1.29, 1.82) is 0 Å². The fourth-order valence-corrected chi connectivity index (χ4v) is 2.62. The van der Waals surface area contributed by atoms with E-state index in [-0.39, 0.29) is 0 Å². The van der Waals surface area contributed by atoms with Crippen LogP contribution in [0.15, 0.2) is 54.6 Å². The van der Waals surface area contributed by atoms with E-state index < -0.39 is 0 Å². The lowest BCUT2D eigenvalue weighted by Crippen LogP contribution is -2.01. The van der Waals surface area contributed by atoms with Gasteiger partial charge in [-0.25, -0.2) is 0 Å². The van der Waals surface area contributed by atoms with E-state index in [1.165, 1.54) is 11.1 Å². The first-order valence-corrected chi connectivity index (χ1v) is 6.67. The Morgan fingerprint density at radius 2 is 1.44 bits per heavy atom. The van der Waals surface area contributed by atoms with Crippen molar-refractivity contribution in [1.82, 2.24) is 0 Å². The molecule has 0 heterocycles. The Balaban J connectivity index is 2.33. The van der Waals surface area contributed by atoms with Crippen molar-refractivity contribution in [3.05, 3.63) is 70.7 Å². The number of hydrogen-bond donors (Lipinski definition) is 0. The molecule has 0 aliphatic carbocycles. The van der Waals surface area contributed by atoms with Crippen molar-refractivity contribution in [2.45, 2.75) is 5.92 Å². The predicted octanol–water partition coefficient (Wildman–Crippen LogP) is 4.87. The van der Waals surface area contributed by atoms with E-state index in [0.29, 0.717) is 5.92 Å². The van der Waals surface area contributed by atoms with Crippen molar-refractivity contribution in [2.75, 3.05) is 5.33 Å². The monoisotopic (exact) mass is 294 g/mol. The Bertz CT molecular complexity index is 436. The molecule has 0 spiro atoms. The maximum absolute atomic E-state index is 5.89. The summed E-state index contributed by atoms with van der Waals surface area (Å²) >= 11 is 9.47. The summed E-state index contributed by atoms with van der Waals surface area (Å²) in [6, 6.07) is 18.5. The number of rotatable bonds is 3. The highest BCUT2D eigenvalue weighted by Gasteiger charge is 2.11. The van der Waals surface area contributed by atoms with E-state index in [0.717, 1.165) is 10.4 Å². The van der Waals surface area contributed by atoms with Gasteiger partial charge in [0.25, 0.3) is 0 Å². The fraction of sp³-hybridized carbons (Fsp3) is 0.143. The summed E-state index contributed by atoms with van der Waals surface area (Å²) in [5.41, 5.74) is 2.61. The van der Waals surface area contributed by atoms with Crippen LogP contribution in [-0.4, -0.2) is 5.33 Å². The lowest BCUT2D eigenvalue weighted by atomic mass is 9.93. The summed E-state index contributed by atoms with van der Waals surface area (Å²) in [7, 11) is 0. The topological polar surface area (TPSA) is 0 Å². The molecule has 2 aromatic carbocycles. The summed E-state index contributed by atoms with van der Waals surface area (Å²) in [6.07, 6.45) is 0. The molecule has 0 aromatic heterocycles. The molecule has 0 aliphatic heterocycles. The molecular formula is C14H12BrCl. The first kappa shape index (κ1) is 11.7. The molecular weight excluding hydrogens is 284 g/mol. The van der Waals surface area contributed by atoms with Gasteiger partial charge in [0.15, 0.2) is 0 Å². The SMILES string of the molecule is Clc1ccc(C(CBr)c2ccccc2)cc1. The minimum absolute atomic E-state index is 0.387. The molecule has 0 radical (unpaired) electrons. The Morgan fingerprint density at radius 1 is 0.875 bits per heavy atom. The molecule has 2 rings (SSSR count). The smallest absolute Gasteiger partial charge is 0.0406 e.